The first kappa shape index (κ1) is 14.5. The number of hydrogen-bond acceptors (Lipinski definition) is 3. The van der Waals surface area contributed by atoms with Gasteiger partial charge in [0.05, 0.1) is 5.56 Å². The van der Waals surface area contributed by atoms with Gasteiger partial charge in [0.2, 0.25) is 0 Å². The lowest BCUT2D eigenvalue weighted by atomic mass is 10.1. The summed E-state index contributed by atoms with van der Waals surface area (Å²) < 4.78 is 13.6. The highest BCUT2D eigenvalue weighted by atomic mass is 19.1. The molecular formula is C15H12FNO4. The summed E-state index contributed by atoms with van der Waals surface area (Å²) in [5, 5.41) is 20.5. The fraction of sp³-hybridized carbons (Fsp3) is 0.0667. The Morgan fingerprint density at radius 2 is 1.76 bits per heavy atom. The molecule has 2 rings (SSSR count). The zero-order chi connectivity index (χ0) is 15.4. The molecule has 0 unspecified atom stereocenters. The standard InChI is InChI=1S/C15H12FNO4/c16-12-8-10(18)6-7-11(12)14(19)17-13(15(20)21)9-4-2-1-3-5-9/h1-8,13,18H,(H,17,19)(H,20,21)/t13-/m1/s1. The van der Waals surface area contributed by atoms with Crippen molar-refractivity contribution in [2.45, 2.75) is 6.04 Å². The number of halogens is 1. The molecular weight excluding hydrogens is 277 g/mol. The zero-order valence-corrected chi connectivity index (χ0v) is 10.8. The predicted molar refractivity (Wildman–Crippen MR) is 72.3 cm³/mol. The van der Waals surface area contributed by atoms with Gasteiger partial charge in [0.25, 0.3) is 5.91 Å². The maximum Gasteiger partial charge on any atom is 0.330 e. The summed E-state index contributed by atoms with van der Waals surface area (Å²) in [6, 6.07) is 9.82. The monoisotopic (exact) mass is 289 g/mol. The smallest absolute Gasteiger partial charge is 0.330 e. The first-order chi connectivity index (χ1) is 9.99. The first-order valence-corrected chi connectivity index (χ1v) is 6.06. The van der Waals surface area contributed by atoms with Crippen molar-refractivity contribution >= 4 is 11.9 Å². The number of benzene rings is 2. The van der Waals surface area contributed by atoms with Crippen LogP contribution >= 0.6 is 0 Å². The molecule has 6 heteroatoms. The van der Waals surface area contributed by atoms with E-state index in [0.717, 1.165) is 18.2 Å². The lowest BCUT2D eigenvalue weighted by Crippen LogP contribution is -2.34. The molecule has 5 nitrogen and oxygen atoms in total. The second-order valence-corrected chi connectivity index (χ2v) is 4.32. The van der Waals surface area contributed by atoms with Gasteiger partial charge in [0, 0.05) is 6.07 Å². The van der Waals surface area contributed by atoms with Gasteiger partial charge in [-0.1, -0.05) is 30.3 Å². The van der Waals surface area contributed by atoms with Gasteiger partial charge in [-0.05, 0) is 17.7 Å². The molecule has 0 saturated heterocycles. The Morgan fingerprint density at radius 1 is 1.10 bits per heavy atom. The van der Waals surface area contributed by atoms with Crippen molar-refractivity contribution in [1.29, 1.82) is 0 Å². The van der Waals surface area contributed by atoms with Crippen molar-refractivity contribution < 1.29 is 24.2 Å². The van der Waals surface area contributed by atoms with Crippen molar-refractivity contribution in [3.63, 3.8) is 0 Å². The van der Waals surface area contributed by atoms with Crippen LogP contribution in [0.4, 0.5) is 4.39 Å². The molecule has 0 radical (unpaired) electrons. The Balaban J connectivity index is 2.25. The summed E-state index contributed by atoms with van der Waals surface area (Å²) in [6.45, 7) is 0. The minimum absolute atomic E-state index is 0.318. The van der Waals surface area contributed by atoms with Crippen molar-refractivity contribution in [2.24, 2.45) is 0 Å². The van der Waals surface area contributed by atoms with Crippen LogP contribution < -0.4 is 5.32 Å². The van der Waals surface area contributed by atoms with E-state index in [1.165, 1.54) is 0 Å². The highest BCUT2D eigenvalue weighted by molar-refractivity contribution is 5.97. The van der Waals surface area contributed by atoms with E-state index in [9.17, 15) is 19.1 Å². The minimum Gasteiger partial charge on any atom is -0.508 e. The van der Waals surface area contributed by atoms with E-state index in [4.69, 9.17) is 5.11 Å². The molecule has 2 aromatic rings. The van der Waals surface area contributed by atoms with Crippen molar-refractivity contribution in [3.8, 4) is 5.75 Å². The number of carbonyl (C=O) groups excluding carboxylic acids is 1. The van der Waals surface area contributed by atoms with E-state index in [-0.39, 0.29) is 11.3 Å². The van der Waals surface area contributed by atoms with E-state index in [0.29, 0.717) is 5.56 Å². The average Bonchev–Trinajstić information content (AvgIpc) is 2.45. The summed E-state index contributed by atoms with van der Waals surface area (Å²) in [5.41, 5.74) is 0.0347. The normalized spacial score (nSPS) is 11.7. The van der Waals surface area contributed by atoms with Crippen molar-refractivity contribution in [1.82, 2.24) is 5.32 Å². The fourth-order valence-corrected chi connectivity index (χ4v) is 1.83. The van der Waals surface area contributed by atoms with Gasteiger partial charge >= 0.3 is 5.97 Å². The molecule has 0 aliphatic carbocycles. The highest BCUT2D eigenvalue weighted by Gasteiger charge is 2.23. The molecule has 1 atom stereocenters. The molecule has 21 heavy (non-hydrogen) atoms. The van der Waals surface area contributed by atoms with Crippen LogP contribution in [0, 0.1) is 5.82 Å². The zero-order valence-electron chi connectivity index (χ0n) is 10.8. The lowest BCUT2D eigenvalue weighted by molar-refractivity contribution is -0.139. The summed E-state index contributed by atoms with van der Waals surface area (Å²) in [6.07, 6.45) is 0. The topological polar surface area (TPSA) is 86.6 Å². The number of nitrogens with one attached hydrogen (secondary N) is 1. The second-order valence-electron chi connectivity index (χ2n) is 4.32. The Hall–Kier alpha value is -2.89. The van der Waals surface area contributed by atoms with Crippen LogP contribution in [0.25, 0.3) is 0 Å². The van der Waals surface area contributed by atoms with Crippen LogP contribution in [0.15, 0.2) is 48.5 Å². The number of amides is 1. The number of aliphatic carboxylic acids is 1. The third-order valence-corrected chi connectivity index (χ3v) is 2.85. The third kappa shape index (κ3) is 3.36. The lowest BCUT2D eigenvalue weighted by Gasteiger charge is -2.15. The van der Waals surface area contributed by atoms with E-state index < -0.39 is 23.7 Å². The van der Waals surface area contributed by atoms with E-state index in [1.54, 1.807) is 30.3 Å². The van der Waals surface area contributed by atoms with Crippen LogP contribution in [-0.2, 0) is 4.79 Å². The van der Waals surface area contributed by atoms with E-state index in [1.807, 2.05) is 0 Å². The molecule has 1 amide bonds. The second kappa shape index (κ2) is 6.04. The summed E-state index contributed by atoms with van der Waals surface area (Å²) in [4.78, 5) is 23.2. The van der Waals surface area contributed by atoms with Crippen LogP contribution in [0.2, 0.25) is 0 Å². The molecule has 0 bridgehead atoms. The number of hydrogen-bond donors (Lipinski definition) is 3. The quantitative estimate of drug-likeness (QED) is 0.804. The maximum absolute atomic E-state index is 13.6. The number of aromatic hydroxyl groups is 1. The molecule has 0 fully saturated rings. The molecule has 3 N–H and O–H groups in total. The number of rotatable bonds is 4. The Labute approximate surface area is 119 Å². The van der Waals surface area contributed by atoms with Crippen LogP contribution in [0.5, 0.6) is 5.75 Å². The molecule has 0 aromatic heterocycles. The van der Waals surface area contributed by atoms with E-state index >= 15 is 0 Å². The van der Waals surface area contributed by atoms with Gasteiger partial charge in [-0.3, -0.25) is 4.79 Å². The molecule has 0 spiro atoms. The van der Waals surface area contributed by atoms with Crippen LogP contribution in [0.3, 0.4) is 0 Å². The Morgan fingerprint density at radius 3 is 2.33 bits per heavy atom. The minimum atomic E-state index is -1.29. The van der Waals surface area contributed by atoms with E-state index in [2.05, 4.69) is 5.32 Å². The number of carboxylic acid groups (broad SMARTS) is 1. The summed E-state index contributed by atoms with van der Waals surface area (Å²) >= 11 is 0. The fourth-order valence-electron chi connectivity index (χ4n) is 1.83. The third-order valence-electron chi connectivity index (χ3n) is 2.85. The summed E-state index contributed by atoms with van der Waals surface area (Å²) in [5.74, 6) is -3.37. The van der Waals surface area contributed by atoms with Gasteiger partial charge in [-0.15, -0.1) is 0 Å². The Bertz CT molecular complexity index is 673. The van der Waals surface area contributed by atoms with Gasteiger partial charge in [-0.2, -0.15) is 0 Å². The van der Waals surface area contributed by atoms with Gasteiger partial charge in [-0.25, -0.2) is 9.18 Å². The molecule has 0 aliphatic rings. The highest BCUT2D eigenvalue weighted by Crippen LogP contribution is 2.17. The van der Waals surface area contributed by atoms with Crippen LogP contribution in [0.1, 0.15) is 22.0 Å². The number of phenols is 1. The number of phenolic OH excluding ortho intramolecular Hbond substituents is 1. The van der Waals surface area contributed by atoms with Crippen LogP contribution in [-0.4, -0.2) is 22.1 Å². The first-order valence-electron chi connectivity index (χ1n) is 6.06. The molecule has 108 valence electrons. The molecule has 2 aromatic carbocycles. The maximum atomic E-state index is 13.6. The van der Waals surface area contributed by atoms with Crippen molar-refractivity contribution in [2.75, 3.05) is 0 Å². The average molecular weight is 289 g/mol. The molecule has 0 aliphatic heterocycles. The molecule has 0 heterocycles. The number of carboxylic acids is 1. The predicted octanol–water partition coefficient (Wildman–Crippen LogP) is 2.09. The Kier molecular flexibility index (Phi) is 4.18. The van der Waals surface area contributed by atoms with Crippen molar-refractivity contribution in [3.05, 3.63) is 65.5 Å². The SMILES string of the molecule is O=C(N[C@@H](C(=O)O)c1ccccc1)c1ccc(O)cc1F. The number of carbonyl (C=O) groups is 2. The van der Waals surface area contributed by atoms with Gasteiger partial charge in [0.1, 0.15) is 11.6 Å². The van der Waals surface area contributed by atoms with Gasteiger partial charge in [0.15, 0.2) is 6.04 Å². The largest absolute Gasteiger partial charge is 0.508 e. The van der Waals surface area contributed by atoms with Gasteiger partial charge < -0.3 is 15.5 Å². The molecule has 0 saturated carbocycles. The summed E-state index contributed by atoms with van der Waals surface area (Å²) in [7, 11) is 0.